The summed E-state index contributed by atoms with van der Waals surface area (Å²) in [5.41, 5.74) is 3.96. The van der Waals surface area contributed by atoms with E-state index in [2.05, 4.69) is 94.6 Å². The number of halogens is 2. The standard InChI is InChI=1S/C13H10I2/c1-9-6-7-11(13(15)8-9)10-4-2-3-5-12(10)14/h2-8H,1H3. The number of rotatable bonds is 1. The highest BCUT2D eigenvalue weighted by molar-refractivity contribution is 14.1. The molecule has 0 amide bonds. The minimum absolute atomic E-state index is 1.30. The van der Waals surface area contributed by atoms with Crippen LogP contribution in [0.4, 0.5) is 0 Å². The Hall–Kier alpha value is -0.1000. The Bertz CT molecular complexity index is 490. The van der Waals surface area contributed by atoms with E-state index in [0.29, 0.717) is 0 Å². The zero-order chi connectivity index (χ0) is 10.8. The van der Waals surface area contributed by atoms with Crippen molar-refractivity contribution < 1.29 is 0 Å². The molecule has 2 aromatic rings. The Balaban J connectivity index is 2.60. The molecular formula is C13H10I2. The molecule has 0 N–H and O–H groups in total. The van der Waals surface area contributed by atoms with Gasteiger partial charge in [0.1, 0.15) is 0 Å². The van der Waals surface area contributed by atoms with Gasteiger partial charge in [0.05, 0.1) is 0 Å². The molecule has 2 aromatic carbocycles. The lowest BCUT2D eigenvalue weighted by molar-refractivity contribution is 1.44. The average molecular weight is 420 g/mol. The topological polar surface area (TPSA) is 0 Å². The molecule has 0 aromatic heterocycles. The molecule has 0 aliphatic carbocycles. The van der Waals surface area contributed by atoms with Gasteiger partial charge in [-0.25, -0.2) is 0 Å². The first-order valence-corrected chi connectivity index (χ1v) is 6.85. The molecule has 0 unspecified atom stereocenters. The summed E-state index contributed by atoms with van der Waals surface area (Å²) in [7, 11) is 0. The van der Waals surface area contributed by atoms with Crippen LogP contribution in [0.3, 0.4) is 0 Å². The minimum atomic E-state index is 1.30. The highest BCUT2D eigenvalue weighted by Gasteiger charge is 2.05. The summed E-state index contributed by atoms with van der Waals surface area (Å²) in [4.78, 5) is 0. The third-order valence-electron chi connectivity index (χ3n) is 2.29. The molecule has 0 bridgehead atoms. The van der Waals surface area contributed by atoms with Crippen LogP contribution in [-0.4, -0.2) is 0 Å². The van der Waals surface area contributed by atoms with Crippen molar-refractivity contribution in [3.05, 3.63) is 55.2 Å². The van der Waals surface area contributed by atoms with Gasteiger partial charge in [0.15, 0.2) is 0 Å². The van der Waals surface area contributed by atoms with Gasteiger partial charge in [-0.15, -0.1) is 0 Å². The van der Waals surface area contributed by atoms with Crippen LogP contribution in [0.1, 0.15) is 5.56 Å². The van der Waals surface area contributed by atoms with E-state index in [0.717, 1.165) is 0 Å². The van der Waals surface area contributed by atoms with E-state index in [1.165, 1.54) is 23.8 Å². The van der Waals surface area contributed by atoms with E-state index in [1.807, 2.05) is 0 Å². The van der Waals surface area contributed by atoms with E-state index in [1.54, 1.807) is 0 Å². The molecule has 76 valence electrons. The Morgan fingerprint density at radius 1 is 0.800 bits per heavy atom. The number of benzene rings is 2. The van der Waals surface area contributed by atoms with Crippen molar-refractivity contribution in [2.45, 2.75) is 6.92 Å². The molecule has 0 aliphatic rings. The summed E-state index contributed by atoms with van der Waals surface area (Å²) in [5.74, 6) is 0. The molecule has 0 nitrogen and oxygen atoms in total. The van der Waals surface area contributed by atoms with Crippen molar-refractivity contribution in [2.24, 2.45) is 0 Å². The third kappa shape index (κ3) is 2.53. The first kappa shape index (κ1) is 11.4. The van der Waals surface area contributed by atoms with Gasteiger partial charge in [0, 0.05) is 7.14 Å². The van der Waals surface area contributed by atoms with Gasteiger partial charge in [0.2, 0.25) is 0 Å². The molecule has 2 heteroatoms. The van der Waals surface area contributed by atoms with Crippen molar-refractivity contribution in [1.29, 1.82) is 0 Å². The first-order chi connectivity index (χ1) is 7.18. The number of hydrogen-bond acceptors (Lipinski definition) is 0. The SMILES string of the molecule is Cc1ccc(-c2ccccc2I)c(I)c1. The first-order valence-electron chi connectivity index (χ1n) is 4.69. The fraction of sp³-hybridized carbons (Fsp3) is 0.0769. The molecule has 0 atom stereocenters. The van der Waals surface area contributed by atoms with Crippen molar-refractivity contribution in [3.63, 3.8) is 0 Å². The van der Waals surface area contributed by atoms with Gasteiger partial charge in [-0.3, -0.25) is 0 Å². The average Bonchev–Trinajstić information content (AvgIpc) is 2.20. The van der Waals surface area contributed by atoms with Gasteiger partial charge in [-0.1, -0.05) is 35.9 Å². The second-order valence-electron chi connectivity index (χ2n) is 3.46. The molecule has 0 spiro atoms. The largest absolute Gasteiger partial charge is 0.0616 e. The third-order valence-corrected chi connectivity index (χ3v) is 4.12. The summed E-state index contributed by atoms with van der Waals surface area (Å²) in [6.07, 6.45) is 0. The second-order valence-corrected chi connectivity index (χ2v) is 5.79. The van der Waals surface area contributed by atoms with Crippen LogP contribution in [0.15, 0.2) is 42.5 Å². The summed E-state index contributed by atoms with van der Waals surface area (Å²) < 4.78 is 2.62. The molecular weight excluding hydrogens is 410 g/mol. The molecule has 0 heterocycles. The maximum absolute atomic E-state index is 2.40. The molecule has 0 fully saturated rings. The van der Waals surface area contributed by atoms with Crippen LogP contribution in [0.5, 0.6) is 0 Å². The molecule has 15 heavy (non-hydrogen) atoms. The Kier molecular flexibility index (Phi) is 3.66. The monoisotopic (exact) mass is 420 g/mol. The maximum Gasteiger partial charge on any atom is 0.0211 e. The minimum Gasteiger partial charge on any atom is -0.0616 e. The van der Waals surface area contributed by atoms with Crippen LogP contribution in [-0.2, 0) is 0 Å². The van der Waals surface area contributed by atoms with Crippen LogP contribution in [0, 0.1) is 14.1 Å². The smallest absolute Gasteiger partial charge is 0.0211 e. The number of hydrogen-bond donors (Lipinski definition) is 0. The van der Waals surface area contributed by atoms with Crippen molar-refractivity contribution in [1.82, 2.24) is 0 Å². The summed E-state index contributed by atoms with van der Waals surface area (Å²) in [6, 6.07) is 15.1. The van der Waals surface area contributed by atoms with E-state index in [9.17, 15) is 0 Å². The lowest BCUT2D eigenvalue weighted by atomic mass is 10.0. The van der Waals surface area contributed by atoms with Gasteiger partial charge in [-0.2, -0.15) is 0 Å². The van der Waals surface area contributed by atoms with Gasteiger partial charge in [-0.05, 0) is 75.4 Å². The van der Waals surface area contributed by atoms with Crippen LogP contribution in [0.2, 0.25) is 0 Å². The lowest BCUT2D eigenvalue weighted by Gasteiger charge is -2.07. The summed E-state index contributed by atoms with van der Waals surface area (Å²) >= 11 is 4.79. The number of aryl methyl sites for hydroxylation is 1. The van der Waals surface area contributed by atoms with E-state index >= 15 is 0 Å². The molecule has 0 aliphatic heterocycles. The van der Waals surface area contributed by atoms with Crippen LogP contribution >= 0.6 is 45.2 Å². The second kappa shape index (κ2) is 4.82. The zero-order valence-electron chi connectivity index (χ0n) is 8.30. The summed E-state index contributed by atoms with van der Waals surface area (Å²) in [6.45, 7) is 2.13. The normalized spacial score (nSPS) is 10.3. The fourth-order valence-corrected chi connectivity index (χ4v) is 3.16. The molecule has 2 rings (SSSR count). The van der Waals surface area contributed by atoms with Gasteiger partial charge >= 0.3 is 0 Å². The van der Waals surface area contributed by atoms with Crippen LogP contribution in [0.25, 0.3) is 11.1 Å². The van der Waals surface area contributed by atoms with E-state index < -0.39 is 0 Å². The van der Waals surface area contributed by atoms with E-state index in [-0.39, 0.29) is 0 Å². The Labute approximate surface area is 117 Å². The molecule has 0 saturated heterocycles. The molecule has 0 radical (unpaired) electrons. The lowest BCUT2D eigenvalue weighted by Crippen LogP contribution is -1.86. The fourth-order valence-electron chi connectivity index (χ4n) is 1.52. The van der Waals surface area contributed by atoms with Gasteiger partial charge in [0.25, 0.3) is 0 Å². The van der Waals surface area contributed by atoms with Gasteiger partial charge < -0.3 is 0 Å². The Morgan fingerprint density at radius 3 is 2.13 bits per heavy atom. The molecule has 0 saturated carbocycles. The van der Waals surface area contributed by atoms with Crippen molar-refractivity contribution in [2.75, 3.05) is 0 Å². The van der Waals surface area contributed by atoms with Crippen molar-refractivity contribution in [3.8, 4) is 11.1 Å². The predicted octanol–water partition coefficient (Wildman–Crippen LogP) is 4.87. The Morgan fingerprint density at radius 2 is 1.47 bits per heavy atom. The maximum atomic E-state index is 2.40. The highest BCUT2D eigenvalue weighted by atomic mass is 127. The predicted molar refractivity (Wildman–Crippen MR) is 82.0 cm³/mol. The quantitative estimate of drug-likeness (QED) is 0.578. The zero-order valence-corrected chi connectivity index (χ0v) is 12.6. The highest BCUT2D eigenvalue weighted by Crippen LogP contribution is 2.29. The van der Waals surface area contributed by atoms with Crippen molar-refractivity contribution >= 4 is 45.2 Å². The van der Waals surface area contributed by atoms with Crippen LogP contribution < -0.4 is 0 Å². The van der Waals surface area contributed by atoms with E-state index in [4.69, 9.17) is 0 Å². The summed E-state index contributed by atoms with van der Waals surface area (Å²) in [5, 5.41) is 0.